The summed E-state index contributed by atoms with van der Waals surface area (Å²) in [7, 11) is -0.940. The van der Waals surface area contributed by atoms with Crippen molar-refractivity contribution in [3.63, 3.8) is 0 Å². The van der Waals surface area contributed by atoms with Crippen molar-refractivity contribution in [3.8, 4) is 0 Å². The molecule has 2 atom stereocenters. The summed E-state index contributed by atoms with van der Waals surface area (Å²) in [5.74, 6) is 0.271. The smallest absolute Gasteiger partial charge is 0.151 e. The van der Waals surface area contributed by atoms with Crippen LogP contribution in [-0.4, -0.2) is 44.5 Å². The molecule has 2 rings (SSSR count). The number of aryl methyl sites for hydroxylation is 1. The molecule has 0 aromatic heterocycles. The van der Waals surface area contributed by atoms with Crippen molar-refractivity contribution < 1.29 is 12.8 Å². The van der Waals surface area contributed by atoms with Crippen molar-refractivity contribution >= 4 is 9.84 Å². The summed E-state index contributed by atoms with van der Waals surface area (Å²) in [4.78, 5) is 2.05. The molecule has 21 heavy (non-hydrogen) atoms. The fourth-order valence-corrected chi connectivity index (χ4v) is 4.46. The minimum absolute atomic E-state index is 0.0805. The van der Waals surface area contributed by atoms with Gasteiger partial charge in [0.1, 0.15) is 5.82 Å². The Bertz CT molecular complexity index is 604. The van der Waals surface area contributed by atoms with Gasteiger partial charge >= 0.3 is 0 Å². The number of rotatable bonds is 5. The van der Waals surface area contributed by atoms with Gasteiger partial charge in [0.2, 0.25) is 0 Å². The molecule has 0 saturated carbocycles. The second kappa shape index (κ2) is 6.42. The molecule has 1 saturated heterocycles. The Kier molecular flexibility index (Phi) is 5.01. The van der Waals surface area contributed by atoms with Crippen LogP contribution in [0.25, 0.3) is 0 Å². The van der Waals surface area contributed by atoms with Crippen LogP contribution in [0.4, 0.5) is 4.39 Å². The Labute approximate surface area is 126 Å². The zero-order chi connectivity index (χ0) is 15.6. The molecule has 1 aliphatic heterocycles. The summed E-state index contributed by atoms with van der Waals surface area (Å²) < 4.78 is 36.5. The van der Waals surface area contributed by atoms with Crippen LogP contribution in [-0.2, 0) is 9.84 Å². The number of nitrogens with zero attached hydrogens (tertiary/aromatic N) is 1. The van der Waals surface area contributed by atoms with Crippen LogP contribution in [0.2, 0.25) is 0 Å². The highest BCUT2D eigenvalue weighted by Gasteiger charge is 2.30. The zero-order valence-electron chi connectivity index (χ0n) is 12.5. The van der Waals surface area contributed by atoms with E-state index in [0.29, 0.717) is 24.9 Å². The largest absolute Gasteiger partial charge is 0.324 e. The second-order valence-electron chi connectivity index (χ2n) is 5.94. The SMILES string of the molecule is Cc1ccc(C(N)CCN(C)C2CCS(=O)(=O)C2)cc1F. The van der Waals surface area contributed by atoms with E-state index in [-0.39, 0.29) is 29.4 Å². The van der Waals surface area contributed by atoms with E-state index in [9.17, 15) is 12.8 Å². The molecule has 0 amide bonds. The minimum Gasteiger partial charge on any atom is -0.324 e. The summed E-state index contributed by atoms with van der Waals surface area (Å²) >= 11 is 0. The molecule has 1 heterocycles. The Balaban J connectivity index is 1.88. The van der Waals surface area contributed by atoms with Gasteiger partial charge in [-0.25, -0.2) is 12.8 Å². The lowest BCUT2D eigenvalue weighted by atomic mass is 10.0. The lowest BCUT2D eigenvalue weighted by molar-refractivity contribution is 0.252. The van der Waals surface area contributed by atoms with E-state index in [1.54, 1.807) is 13.0 Å². The van der Waals surface area contributed by atoms with E-state index >= 15 is 0 Å². The third kappa shape index (κ3) is 4.25. The maximum Gasteiger partial charge on any atom is 0.151 e. The molecule has 6 heteroatoms. The Morgan fingerprint density at radius 2 is 2.19 bits per heavy atom. The van der Waals surface area contributed by atoms with Gasteiger partial charge < -0.3 is 10.6 Å². The first-order valence-electron chi connectivity index (χ1n) is 7.21. The molecule has 2 N–H and O–H groups in total. The van der Waals surface area contributed by atoms with Gasteiger partial charge in [-0.3, -0.25) is 0 Å². The van der Waals surface area contributed by atoms with Gasteiger partial charge in [-0.1, -0.05) is 12.1 Å². The van der Waals surface area contributed by atoms with E-state index in [2.05, 4.69) is 4.90 Å². The fourth-order valence-electron chi connectivity index (χ4n) is 2.65. The molecule has 118 valence electrons. The van der Waals surface area contributed by atoms with E-state index < -0.39 is 9.84 Å². The van der Waals surface area contributed by atoms with Crippen molar-refractivity contribution in [3.05, 3.63) is 35.1 Å². The van der Waals surface area contributed by atoms with Crippen molar-refractivity contribution in [2.45, 2.75) is 31.8 Å². The van der Waals surface area contributed by atoms with Crippen molar-refractivity contribution in [2.24, 2.45) is 5.73 Å². The van der Waals surface area contributed by atoms with Gasteiger partial charge in [-0.05, 0) is 50.6 Å². The van der Waals surface area contributed by atoms with Gasteiger partial charge in [0.15, 0.2) is 9.84 Å². The molecule has 0 aliphatic carbocycles. The van der Waals surface area contributed by atoms with Crippen molar-refractivity contribution in [1.29, 1.82) is 0 Å². The summed E-state index contributed by atoms with van der Waals surface area (Å²) in [5.41, 5.74) is 7.50. The molecular weight excluding hydrogens is 291 g/mol. The molecule has 1 aliphatic rings. The van der Waals surface area contributed by atoms with Crippen LogP contribution in [0.1, 0.15) is 30.0 Å². The van der Waals surface area contributed by atoms with E-state index in [1.807, 2.05) is 13.1 Å². The Hall–Kier alpha value is -0.980. The molecule has 0 spiro atoms. The Morgan fingerprint density at radius 1 is 1.48 bits per heavy atom. The average molecular weight is 314 g/mol. The maximum absolute atomic E-state index is 13.5. The number of hydrogen-bond donors (Lipinski definition) is 1. The van der Waals surface area contributed by atoms with Crippen molar-refractivity contribution in [2.75, 3.05) is 25.1 Å². The van der Waals surface area contributed by atoms with Gasteiger partial charge in [-0.2, -0.15) is 0 Å². The summed E-state index contributed by atoms with van der Waals surface area (Å²) in [6.45, 7) is 2.43. The van der Waals surface area contributed by atoms with Crippen LogP contribution in [0.15, 0.2) is 18.2 Å². The van der Waals surface area contributed by atoms with Gasteiger partial charge in [0, 0.05) is 12.1 Å². The first-order valence-corrected chi connectivity index (χ1v) is 9.03. The van der Waals surface area contributed by atoms with Gasteiger partial charge in [0.05, 0.1) is 11.5 Å². The number of hydrogen-bond acceptors (Lipinski definition) is 4. The predicted molar refractivity (Wildman–Crippen MR) is 82.4 cm³/mol. The number of benzene rings is 1. The molecule has 0 bridgehead atoms. The highest BCUT2D eigenvalue weighted by atomic mass is 32.2. The second-order valence-corrected chi connectivity index (χ2v) is 8.17. The summed E-state index contributed by atoms with van der Waals surface area (Å²) in [6, 6.07) is 4.92. The minimum atomic E-state index is -2.86. The predicted octanol–water partition coefficient (Wildman–Crippen LogP) is 1.64. The van der Waals surface area contributed by atoms with Crippen LogP contribution in [0.3, 0.4) is 0 Å². The third-order valence-electron chi connectivity index (χ3n) is 4.25. The van der Waals surface area contributed by atoms with Crippen LogP contribution >= 0.6 is 0 Å². The highest BCUT2D eigenvalue weighted by molar-refractivity contribution is 7.91. The molecule has 1 aromatic carbocycles. The number of sulfone groups is 1. The first kappa shape index (κ1) is 16.4. The normalized spacial score (nSPS) is 22.6. The highest BCUT2D eigenvalue weighted by Crippen LogP contribution is 2.20. The Morgan fingerprint density at radius 3 is 2.76 bits per heavy atom. The topological polar surface area (TPSA) is 63.4 Å². The standard InChI is InChI=1S/C15H23FN2O2S/c1-11-3-4-12(9-14(11)16)15(17)5-7-18(2)13-6-8-21(19,20)10-13/h3-4,9,13,15H,5-8,10,17H2,1-2H3. The van der Waals surface area contributed by atoms with Crippen LogP contribution < -0.4 is 5.73 Å². The maximum atomic E-state index is 13.5. The van der Waals surface area contributed by atoms with Crippen LogP contribution in [0.5, 0.6) is 0 Å². The lowest BCUT2D eigenvalue weighted by Crippen LogP contribution is -2.34. The molecule has 4 nitrogen and oxygen atoms in total. The number of nitrogens with two attached hydrogens (primary N) is 1. The van der Waals surface area contributed by atoms with Gasteiger partial charge in [-0.15, -0.1) is 0 Å². The monoisotopic (exact) mass is 314 g/mol. The fraction of sp³-hybridized carbons (Fsp3) is 0.600. The average Bonchev–Trinajstić information content (AvgIpc) is 2.79. The quantitative estimate of drug-likeness (QED) is 0.897. The van der Waals surface area contributed by atoms with Crippen LogP contribution in [0, 0.1) is 12.7 Å². The van der Waals surface area contributed by atoms with Gasteiger partial charge in [0.25, 0.3) is 0 Å². The molecule has 1 aromatic rings. The van der Waals surface area contributed by atoms with E-state index in [4.69, 9.17) is 5.73 Å². The van der Waals surface area contributed by atoms with E-state index in [0.717, 1.165) is 5.56 Å². The van der Waals surface area contributed by atoms with E-state index in [1.165, 1.54) is 6.07 Å². The third-order valence-corrected chi connectivity index (χ3v) is 6.00. The molecule has 1 fully saturated rings. The molecule has 0 radical (unpaired) electrons. The van der Waals surface area contributed by atoms with Crippen molar-refractivity contribution in [1.82, 2.24) is 4.90 Å². The molecule has 2 unspecified atom stereocenters. The number of halogens is 1. The summed E-state index contributed by atoms with van der Waals surface area (Å²) in [5, 5.41) is 0. The summed E-state index contributed by atoms with van der Waals surface area (Å²) in [6.07, 6.45) is 1.36. The lowest BCUT2D eigenvalue weighted by Gasteiger charge is -2.24. The first-order chi connectivity index (χ1) is 9.78. The zero-order valence-corrected chi connectivity index (χ0v) is 13.4. The molecular formula is C15H23FN2O2S.